The summed E-state index contributed by atoms with van der Waals surface area (Å²) in [4.78, 5) is 27.6. The van der Waals surface area contributed by atoms with Crippen LogP contribution in [0, 0.1) is 16.0 Å². The molecule has 2 saturated heterocycles. The second-order valence-corrected chi connectivity index (χ2v) is 7.26. The average molecular weight is 346 g/mol. The number of likely N-dealkylation sites (tertiary alicyclic amines) is 1. The Bertz CT molecular complexity index is 648. The van der Waals surface area contributed by atoms with E-state index in [1.807, 2.05) is 0 Å². The standard InChI is InChI=1S/C18H26N4O3/c1-13-4-8-20(9-5-13)16-3-2-14(12-17(16)22(24)25)18(23)21-10-6-15(19)7-11-21/h2-3,12-13,15H,4-11,19H2,1H3. The number of benzene rings is 1. The summed E-state index contributed by atoms with van der Waals surface area (Å²) in [7, 11) is 0. The van der Waals surface area contributed by atoms with Crippen LogP contribution < -0.4 is 10.6 Å². The fourth-order valence-corrected chi connectivity index (χ4v) is 3.60. The number of nitro benzene ring substituents is 1. The van der Waals surface area contributed by atoms with E-state index in [9.17, 15) is 14.9 Å². The van der Waals surface area contributed by atoms with Gasteiger partial charge in [-0.1, -0.05) is 6.92 Å². The molecule has 2 aliphatic heterocycles. The highest BCUT2D eigenvalue weighted by molar-refractivity contribution is 5.96. The van der Waals surface area contributed by atoms with Gasteiger partial charge in [-0.25, -0.2) is 0 Å². The first-order chi connectivity index (χ1) is 12.0. The highest BCUT2D eigenvalue weighted by Gasteiger charge is 2.27. The number of piperidine rings is 2. The molecule has 2 aliphatic rings. The van der Waals surface area contributed by atoms with E-state index in [-0.39, 0.29) is 22.6 Å². The molecule has 1 aromatic carbocycles. The van der Waals surface area contributed by atoms with E-state index in [4.69, 9.17) is 5.73 Å². The van der Waals surface area contributed by atoms with Crippen molar-refractivity contribution in [2.24, 2.45) is 11.7 Å². The summed E-state index contributed by atoms with van der Waals surface area (Å²) in [5.41, 5.74) is 6.91. The summed E-state index contributed by atoms with van der Waals surface area (Å²) in [5.74, 6) is 0.510. The van der Waals surface area contributed by atoms with E-state index >= 15 is 0 Å². The molecule has 3 rings (SSSR count). The Morgan fingerprint density at radius 2 is 1.80 bits per heavy atom. The van der Waals surface area contributed by atoms with Crippen molar-refractivity contribution in [3.63, 3.8) is 0 Å². The fourth-order valence-electron chi connectivity index (χ4n) is 3.60. The summed E-state index contributed by atoms with van der Waals surface area (Å²) in [6.07, 6.45) is 3.62. The lowest BCUT2D eigenvalue weighted by molar-refractivity contribution is -0.384. The number of nitrogens with two attached hydrogens (primary N) is 1. The first-order valence-electron chi connectivity index (χ1n) is 9.04. The molecule has 7 nitrogen and oxygen atoms in total. The smallest absolute Gasteiger partial charge is 0.293 e. The fraction of sp³-hybridized carbons (Fsp3) is 0.611. The van der Waals surface area contributed by atoms with Gasteiger partial charge in [-0.2, -0.15) is 0 Å². The molecule has 7 heteroatoms. The van der Waals surface area contributed by atoms with Gasteiger partial charge in [0.25, 0.3) is 11.6 Å². The molecule has 2 heterocycles. The van der Waals surface area contributed by atoms with Gasteiger partial charge < -0.3 is 15.5 Å². The van der Waals surface area contributed by atoms with Crippen molar-refractivity contribution in [3.8, 4) is 0 Å². The number of anilines is 1. The largest absolute Gasteiger partial charge is 0.366 e. The molecule has 0 radical (unpaired) electrons. The normalized spacial score (nSPS) is 19.9. The zero-order valence-corrected chi connectivity index (χ0v) is 14.7. The Balaban J connectivity index is 1.81. The third-order valence-electron chi connectivity index (χ3n) is 5.37. The molecule has 1 amide bonds. The SMILES string of the molecule is CC1CCN(c2ccc(C(=O)N3CCC(N)CC3)cc2[N+](=O)[O-])CC1. The summed E-state index contributed by atoms with van der Waals surface area (Å²) in [6.45, 7) is 5.07. The number of carbonyl (C=O) groups excluding carboxylic acids is 1. The van der Waals surface area contributed by atoms with E-state index in [0.717, 1.165) is 38.8 Å². The second kappa shape index (κ2) is 7.39. The Labute approximate surface area is 147 Å². The number of nitro groups is 1. The summed E-state index contributed by atoms with van der Waals surface area (Å²) in [6, 6.07) is 5.03. The topological polar surface area (TPSA) is 92.7 Å². The average Bonchev–Trinajstić information content (AvgIpc) is 2.62. The molecule has 0 bridgehead atoms. The van der Waals surface area contributed by atoms with E-state index < -0.39 is 0 Å². The molecule has 2 fully saturated rings. The number of hydrogen-bond donors (Lipinski definition) is 1. The zero-order chi connectivity index (χ0) is 18.0. The number of amides is 1. The predicted molar refractivity (Wildman–Crippen MR) is 96.8 cm³/mol. The van der Waals surface area contributed by atoms with Gasteiger partial charge in [0.1, 0.15) is 5.69 Å². The molecule has 136 valence electrons. The molecule has 0 atom stereocenters. The second-order valence-electron chi connectivity index (χ2n) is 7.26. The van der Waals surface area contributed by atoms with Gasteiger partial charge in [0.2, 0.25) is 0 Å². The Morgan fingerprint density at radius 1 is 1.16 bits per heavy atom. The van der Waals surface area contributed by atoms with Crippen LogP contribution in [0.1, 0.15) is 43.0 Å². The van der Waals surface area contributed by atoms with E-state index in [1.165, 1.54) is 6.07 Å². The Hall–Kier alpha value is -2.15. The van der Waals surface area contributed by atoms with Gasteiger partial charge in [0.05, 0.1) is 4.92 Å². The maximum atomic E-state index is 12.7. The molecule has 0 spiro atoms. The Kier molecular flexibility index (Phi) is 5.22. The van der Waals surface area contributed by atoms with Gasteiger partial charge >= 0.3 is 0 Å². The quantitative estimate of drug-likeness (QED) is 0.670. The minimum absolute atomic E-state index is 0.0223. The van der Waals surface area contributed by atoms with E-state index in [0.29, 0.717) is 30.3 Å². The first kappa shape index (κ1) is 17.7. The van der Waals surface area contributed by atoms with Crippen LogP contribution in [0.4, 0.5) is 11.4 Å². The number of rotatable bonds is 3. The van der Waals surface area contributed by atoms with Gasteiger partial charge in [0.15, 0.2) is 0 Å². The van der Waals surface area contributed by atoms with Crippen molar-refractivity contribution in [2.45, 2.75) is 38.6 Å². The number of hydrogen-bond acceptors (Lipinski definition) is 5. The maximum absolute atomic E-state index is 12.7. The van der Waals surface area contributed by atoms with Gasteiger partial charge in [0, 0.05) is 43.9 Å². The maximum Gasteiger partial charge on any atom is 0.293 e. The molecule has 0 saturated carbocycles. The minimum atomic E-state index is -0.379. The van der Waals surface area contributed by atoms with Crippen molar-refractivity contribution < 1.29 is 9.72 Å². The predicted octanol–water partition coefficient (Wildman–Crippen LogP) is 2.39. The molecule has 0 unspecified atom stereocenters. The van der Waals surface area contributed by atoms with Gasteiger partial charge in [-0.05, 0) is 43.7 Å². The van der Waals surface area contributed by atoms with Crippen LogP contribution in [0.15, 0.2) is 18.2 Å². The highest BCUT2D eigenvalue weighted by atomic mass is 16.6. The van der Waals surface area contributed by atoms with E-state index in [1.54, 1.807) is 17.0 Å². The lowest BCUT2D eigenvalue weighted by Crippen LogP contribution is -2.42. The monoisotopic (exact) mass is 346 g/mol. The molecule has 2 N–H and O–H groups in total. The summed E-state index contributed by atoms with van der Waals surface area (Å²) < 4.78 is 0. The molecule has 1 aromatic rings. The molecular weight excluding hydrogens is 320 g/mol. The summed E-state index contributed by atoms with van der Waals surface area (Å²) in [5, 5.41) is 11.6. The van der Waals surface area contributed by atoms with Crippen LogP contribution in [-0.2, 0) is 0 Å². The van der Waals surface area contributed by atoms with Crippen molar-refractivity contribution in [2.75, 3.05) is 31.1 Å². The third kappa shape index (κ3) is 3.92. The number of nitrogens with zero attached hydrogens (tertiary/aromatic N) is 3. The first-order valence-corrected chi connectivity index (χ1v) is 9.04. The van der Waals surface area contributed by atoms with Crippen LogP contribution in [0.3, 0.4) is 0 Å². The molecular formula is C18H26N4O3. The van der Waals surface area contributed by atoms with Crippen molar-refractivity contribution in [1.29, 1.82) is 0 Å². The molecule has 0 aromatic heterocycles. The number of carbonyl (C=O) groups is 1. The van der Waals surface area contributed by atoms with Crippen LogP contribution >= 0.6 is 0 Å². The summed E-state index contributed by atoms with van der Waals surface area (Å²) >= 11 is 0. The van der Waals surface area contributed by atoms with Gasteiger partial charge in [-0.3, -0.25) is 14.9 Å². The zero-order valence-electron chi connectivity index (χ0n) is 14.7. The third-order valence-corrected chi connectivity index (χ3v) is 5.37. The van der Waals surface area contributed by atoms with Crippen molar-refractivity contribution in [1.82, 2.24) is 4.90 Å². The minimum Gasteiger partial charge on any atom is -0.366 e. The van der Waals surface area contributed by atoms with Crippen LogP contribution in [-0.4, -0.2) is 48.0 Å². The van der Waals surface area contributed by atoms with Crippen LogP contribution in [0.2, 0.25) is 0 Å². The Morgan fingerprint density at radius 3 is 2.40 bits per heavy atom. The van der Waals surface area contributed by atoms with Crippen molar-refractivity contribution in [3.05, 3.63) is 33.9 Å². The van der Waals surface area contributed by atoms with E-state index in [2.05, 4.69) is 11.8 Å². The molecule has 0 aliphatic carbocycles. The van der Waals surface area contributed by atoms with Crippen molar-refractivity contribution >= 4 is 17.3 Å². The molecule has 25 heavy (non-hydrogen) atoms. The lowest BCUT2D eigenvalue weighted by Gasteiger charge is -2.32. The van der Waals surface area contributed by atoms with Crippen LogP contribution in [0.5, 0.6) is 0 Å². The lowest BCUT2D eigenvalue weighted by atomic mass is 9.98. The van der Waals surface area contributed by atoms with Gasteiger partial charge in [-0.15, -0.1) is 0 Å². The van der Waals surface area contributed by atoms with Crippen LogP contribution in [0.25, 0.3) is 0 Å². The highest BCUT2D eigenvalue weighted by Crippen LogP contribution is 2.32.